The van der Waals surface area contributed by atoms with Crippen LogP contribution in [0.4, 0.5) is 0 Å². The van der Waals surface area contributed by atoms with Crippen LogP contribution in [0.25, 0.3) is 21.3 Å². The maximum Gasteiger partial charge on any atom is 0.260 e. The maximum atomic E-state index is 13.0. The Morgan fingerprint density at radius 3 is 2.79 bits per heavy atom. The number of rotatable bonds is 4. The molecule has 4 heterocycles. The number of nitrogens with one attached hydrogen (secondary N) is 1. The molecule has 3 aromatic heterocycles. The van der Waals surface area contributed by atoms with Crippen LogP contribution in [0, 0.1) is 0 Å². The van der Waals surface area contributed by atoms with Gasteiger partial charge >= 0.3 is 0 Å². The number of aromatic amines is 1. The van der Waals surface area contributed by atoms with Crippen molar-refractivity contribution in [2.75, 3.05) is 6.54 Å². The number of benzene rings is 1. The molecular weight excluding hydrogens is 380 g/mol. The lowest BCUT2D eigenvalue weighted by atomic mass is 10.1. The first kappa shape index (κ1) is 18.3. The van der Waals surface area contributed by atoms with E-state index >= 15 is 0 Å². The highest BCUT2D eigenvalue weighted by molar-refractivity contribution is 7.17. The van der Waals surface area contributed by atoms with Crippen molar-refractivity contribution in [2.45, 2.75) is 31.8 Å². The molecular formula is C23H24N4OS. The predicted octanol–water partition coefficient (Wildman–Crippen LogP) is 4.89. The summed E-state index contributed by atoms with van der Waals surface area (Å²) in [6.07, 6.45) is 4.38. The molecule has 0 spiro atoms. The zero-order valence-corrected chi connectivity index (χ0v) is 17.4. The van der Waals surface area contributed by atoms with Crippen molar-refractivity contribution in [2.24, 2.45) is 7.05 Å². The molecule has 1 aliphatic rings. The number of aryl methyl sites for hydroxylation is 1. The van der Waals surface area contributed by atoms with Crippen LogP contribution in [0.2, 0.25) is 0 Å². The number of hydrogen-bond acceptors (Lipinski definition) is 4. The highest BCUT2D eigenvalue weighted by atomic mass is 32.1. The SMILES string of the molecule is C[C@H](c1nc2scc(-c3ccccc3)c2c(=O)[nH]1)N1CCC[C@@H]1c1cccn1C. The highest BCUT2D eigenvalue weighted by Gasteiger charge is 2.33. The molecule has 0 aliphatic carbocycles. The Morgan fingerprint density at radius 2 is 2.03 bits per heavy atom. The lowest BCUT2D eigenvalue weighted by Crippen LogP contribution is -2.30. The van der Waals surface area contributed by atoms with Crippen molar-refractivity contribution in [3.05, 3.63) is 75.9 Å². The van der Waals surface area contributed by atoms with E-state index < -0.39 is 0 Å². The maximum absolute atomic E-state index is 13.0. The van der Waals surface area contributed by atoms with Gasteiger partial charge < -0.3 is 9.55 Å². The van der Waals surface area contributed by atoms with Crippen molar-refractivity contribution in [1.82, 2.24) is 19.4 Å². The van der Waals surface area contributed by atoms with E-state index in [-0.39, 0.29) is 11.6 Å². The minimum absolute atomic E-state index is 0.0495. The second-order valence-electron chi connectivity index (χ2n) is 7.76. The van der Waals surface area contributed by atoms with E-state index in [9.17, 15) is 4.79 Å². The average Bonchev–Trinajstić information content (AvgIpc) is 3.47. The van der Waals surface area contributed by atoms with E-state index in [4.69, 9.17) is 4.98 Å². The molecule has 0 unspecified atom stereocenters. The lowest BCUT2D eigenvalue weighted by molar-refractivity contribution is 0.181. The van der Waals surface area contributed by atoms with Gasteiger partial charge in [-0.3, -0.25) is 9.69 Å². The van der Waals surface area contributed by atoms with Gasteiger partial charge in [0.15, 0.2) is 0 Å². The first-order valence-corrected chi connectivity index (χ1v) is 11.0. The molecule has 0 radical (unpaired) electrons. The van der Waals surface area contributed by atoms with E-state index in [1.54, 1.807) is 11.3 Å². The molecule has 29 heavy (non-hydrogen) atoms. The number of H-pyrrole nitrogens is 1. The number of likely N-dealkylation sites (tertiary alicyclic amines) is 1. The zero-order valence-electron chi connectivity index (χ0n) is 16.6. The van der Waals surface area contributed by atoms with Gasteiger partial charge in [0.1, 0.15) is 10.7 Å². The first-order valence-electron chi connectivity index (χ1n) is 10.1. The Hall–Kier alpha value is -2.70. The summed E-state index contributed by atoms with van der Waals surface area (Å²) in [5, 5.41) is 2.73. The molecule has 1 aliphatic heterocycles. The fourth-order valence-electron chi connectivity index (χ4n) is 4.54. The number of fused-ring (bicyclic) bond motifs is 1. The number of hydrogen-bond donors (Lipinski definition) is 1. The monoisotopic (exact) mass is 404 g/mol. The molecule has 5 nitrogen and oxygen atoms in total. The summed E-state index contributed by atoms with van der Waals surface area (Å²) in [7, 11) is 2.10. The number of aromatic nitrogens is 3. The van der Waals surface area contributed by atoms with Crippen LogP contribution in [0.3, 0.4) is 0 Å². The van der Waals surface area contributed by atoms with Crippen molar-refractivity contribution in [1.29, 1.82) is 0 Å². The van der Waals surface area contributed by atoms with Gasteiger partial charge in [-0.25, -0.2) is 4.98 Å². The summed E-state index contributed by atoms with van der Waals surface area (Å²) < 4.78 is 2.19. The molecule has 1 saturated heterocycles. The molecule has 1 fully saturated rings. The van der Waals surface area contributed by atoms with Gasteiger partial charge in [-0.2, -0.15) is 0 Å². The quantitative estimate of drug-likeness (QED) is 0.527. The smallest absolute Gasteiger partial charge is 0.260 e. The predicted molar refractivity (Wildman–Crippen MR) is 118 cm³/mol. The molecule has 4 aromatic rings. The van der Waals surface area contributed by atoms with Gasteiger partial charge in [-0.1, -0.05) is 30.3 Å². The van der Waals surface area contributed by atoms with Gasteiger partial charge in [0.2, 0.25) is 0 Å². The Morgan fingerprint density at radius 1 is 1.21 bits per heavy atom. The summed E-state index contributed by atoms with van der Waals surface area (Å²) in [6.45, 7) is 3.16. The highest BCUT2D eigenvalue weighted by Crippen LogP contribution is 2.38. The van der Waals surface area contributed by atoms with Gasteiger partial charge in [-0.05, 0) is 44.0 Å². The summed E-state index contributed by atoms with van der Waals surface area (Å²) in [5.74, 6) is 0.755. The molecule has 2 atom stereocenters. The minimum Gasteiger partial charge on any atom is -0.353 e. The number of thiophene rings is 1. The van der Waals surface area contributed by atoms with Crippen LogP contribution in [0.1, 0.15) is 43.4 Å². The van der Waals surface area contributed by atoms with Crippen LogP contribution in [0.5, 0.6) is 0 Å². The zero-order chi connectivity index (χ0) is 20.0. The molecule has 1 N–H and O–H groups in total. The third-order valence-corrected chi connectivity index (χ3v) is 6.93. The van der Waals surface area contributed by atoms with E-state index in [0.29, 0.717) is 11.4 Å². The average molecular weight is 405 g/mol. The van der Waals surface area contributed by atoms with E-state index in [1.807, 2.05) is 35.7 Å². The normalized spacial score (nSPS) is 18.5. The van der Waals surface area contributed by atoms with Crippen molar-refractivity contribution >= 4 is 21.6 Å². The van der Waals surface area contributed by atoms with Crippen LogP contribution < -0.4 is 5.56 Å². The van der Waals surface area contributed by atoms with Crippen LogP contribution >= 0.6 is 11.3 Å². The Bertz CT molecular complexity index is 1210. The van der Waals surface area contributed by atoms with Gasteiger partial charge in [0.25, 0.3) is 5.56 Å². The fraction of sp³-hybridized carbons (Fsp3) is 0.304. The molecule has 5 rings (SSSR count). The second kappa shape index (κ2) is 7.28. The third-order valence-electron chi connectivity index (χ3n) is 6.06. The Kier molecular flexibility index (Phi) is 4.60. The first-order chi connectivity index (χ1) is 14.1. The van der Waals surface area contributed by atoms with E-state index in [0.717, 1.165) is 41.2 Å². The largest absolute Gasteiger partial charge is 0.353 e. The van der Waals surface area contributed by atoms with E-state index in [2.05, 4.69) is 46.8 Å². The molecule has 6 heteroatoms. The van der Waals surface area contributed by atoms with Crippen LogP contribution in [0.15, 0.2) is 58.8 Å². The summed E-state index contributed by atoms with van der Waals surface area (Å²) in [6, 6.07) is 14.7. The summed E-state index contributed by atoms with van der Waals surface area (Å²) in [5.41, 5.74) is 3.28. The Balaban J connectivity index is 1.52. The summed E-state index contributed by atoms with van der Waals surface area (Å²) in [4.78, 5) is 24.3. The molecule has 148 valence electrons. The molecule has 0 bridgehead atoms. The number of nitrogens with zero attached hydrogens (tertiary/aromatic N) is 3. The third kappa shape index (κ3) is 3.12. The van der Waals surface area contributed by atoms with Crippen LogP contribution in [-0.2, 0) is 7.05 Å². The van der Waals surface area contributed by atoms with Crippen molar-refractivity contribution in [3.8, 4) is 11.1 Å². The van der Waals surface area contributed by atoms with Crippen LogP contribution in [-0.4, -0.2) is 26.0 Å². The fourth-order valence-corrected chi connectivity index (χ4v) is 5.50. The van der Waals surface area contributed by atoms with Gasteiger partial charge in [0, 0.05) is 29.9 Å². The van der Waals surface area contributed by atoms with Crippen molar-refractivity contribution < 1.29 is 0 Å². The topological polar surface area (TPSA) is 53.9 Å². The lowest BCUT2D eigenvalue weighted by Gasteiger charge is -2.30. The second-order valence-corrected chi connectivity index (χ2v) is 8.62. The van der Waals surface area contributed by atoms with E-state index in [1.165, 1.54) is 5.69 Å². The van der Waals surface area contributed by atoms with Crippen molar-refractivity contribution in [3.63, 3.8) is 0 Å². The minimum atomic E-state index is -0.0495. The molecule has 0 saturated carbocycles. The van der Waals surface area contributed by atoms with Gasteiger partial charge in [0.05, 0.1) is 17.5 Å². The molecule has 0 amide bonds. The Labute approximate surface area is 173 Å². The standard InChI is InChI=1S/C23H24N4OS/c1-15(27-13-7-11-19(27)18-10-6-12-26(18)2)21-24-22(28)20-17(14-29-23(20)25-21)16-8-4-3-5-9-16/h3-6,8-10,12,14-15,19H,7,11,13H2,1-2H3,(H,24,25,28)/t15-,19-/m1/s1. The molecule has 1 aromatic carbocycles. The van der Waals surface area contributed by atoms with Gasteiger partial charge in [-0.15, -0.1) is 11.3 Å². The summed E-state index contributed by atoms with van der Waals surface area (Å²) >= 11 is 1.54.